The highest BCUT2D eigenvalue weighted by molar-refractivity contribution is 5.00. The van der Waals surface area contributed by atoms with Gasteiger partial charge >= 0.3 is 0 Å². The standard InChI is InChI=1S/C8H14FN/c1-3-5-6-8(10)7(9)4-2/h4-8H,2-3,10H2,1H3. The smallest absolute Gasteiger partial charge is 0.137 e. The Morgan fingerprint density at radius 1 is 1.70 bits per heavy atom. The minimum absolute atomic E-state index is 0.530. The summed E-state index contributed by atoms with van der Waals surface area (Å²) < 4.78 is 12.6. The zero-order chi connectivity index (χ0) is 7.98. The lowest BCUT2D eigenvalue weighted by atomic mass is 10.2. The lowest BCUT2D eigenvalue weighted by Crippen LogP contribution is -2.27. The van der Waals surface area contributed by atoms with Crippen molar-refractivity contribution in [2.24, 2.45) is 5.73 Å². The maximum Gasteiger partial charge on any atom is 0.137 e. The summed E-state index contributed by atoms with van der Waals surface area (Å²) in [4.78, 5) is 0. The Morgan fingerprint density at radius 2 is 2.30 bits per heavy atom. The maximum absolute atomic E-state index is 12.6. The molecule has 2 atom stereocenters. The molecule has 10 heavy (non-hydrogen) atoms. The van der Waals surface area contributed by atoms with Gasteiger partial charge in [0, 0.05) is 0 Å². The number of nitrogens with two attached hydrogens (primary N) is 1. The van der Waals surface area contributed by atoms with Crippen LogP contribution in [0.25, 0.3) is 0 Å². The third-order valence-electron chi connectivity index (χ3n) is 1.19. The Labute approximate surface area is 61.4 Å². The summed E-state index contributed by atoms with van der Waals surface area (Å²) >= 11 is 0. The van der Waals surface area contributed by atoms with Crippen LogP contribution < -0.4 is 5.73 Å². The molecule has 0 saturated heterocycles. The lowest BCUT2D eigenvalue weighted by molar-refractivity contribution is 0.371. The molecule has 0 spiro atoms. The first-order valence-electron chi connectivity index (χ1n) is 3.41. The molecule has 0 saturated carbocycles. The number of hydrogen-bond acceptors (Lipinski definition) is 1. The SMILES string of the molecule is C=CC(F)C(N)C=CCC. The molecule has 0 aliphatic heterocycles. The van der Waals surface area contributed by atoms with Gasteiger partial charge in [-0.15, -0.1) is 6.58 Å². The van der Waals surface area contributed by atoms with Crippen LogP contribution in [0.3, 0.4) is 0 Å². The van der Waals surface area contributed by atoms with Gasteiger partial charge in [-0.1, -0.05) is 25.2 Å². The van der Waals surface area contributed by atoms with E-state index in [1.54, 1.807) is 6.08 Å². The largest absolute Gasteiger partial charge is 0.322 e. The van der Waals surface area contributed by atoms with E-state index in [2.05, 4.69) is 6.58 Å². The molecule has 2 heteroatoms. The highest BCUT2D eigenvalue weighted by Crippen LogP contribution is 1.99. The topological polar surface area (TPSA) is 26.0 Å². The zero-order valence-corrected chi connectivity index (χ0v) is 6.26. The minimum Gasteiger partial charge on any atom is -0.322 e. The number of hydrogen-bond donors (Lipinski definition) is 1. The van der Waals surface area contributed by atoms with Crippen molar-refractivity contribution in [1.29, 1.82) is 0 Å². The number of alkyl halides is 1. The molecular weight excluding hydrogens is 129 g/mol. The second kappa shape index (κ2) is 5.18. The molecule has 0 radical (unpaired) electrons. The van der Waals surface area contributed by atoms with E-state index in [9.17, 15) is 4.39 Å². The van der Waals surface area contributed by atoms with Crippen LogP contribution in [0.4, 0.5) is 4.39 Å². The van der Waals surface area contributed by atoms with Crippen LogP contribution in [0.5, 0.6) is 0 Å². The second-order valence-electron chi connectivity index (χ2n) is 2.09. The first kappa shape index (κ1) is 9.37. The van der Waals surface area contributed by atoms with Gasteiger partial charge < -0.3 is 5.73 Å². The van der Waals surface area contributed by atoms with E-state index < -0.39 is 12.2 Å². The summed E-state index contributed by atoms with van der Waals surface area (Å²) in [7, 11) is 0. The molecule has 0 heterocycles. The third-order valence-corrected chi connectivity index (χ3v) is 1.19. The Kier molecular flexibility index (Phi) is 4.85. The highest BCUT2D eigenvalue weighted by Gasteiger charge is 2.07. The van der Waals surface area contributed by atoms with Gasteiger partial charge in [0.1, 0.15) is 6.17 Å². The summed E-state index contributed by atoms with van der Waals surface area (Å²) in [6, 6.07) is -0.530. The van der Waals surface area contributed by atoms with E-state index in [4.69, 9.17) is 5.73 Å². The minimum atomic E-state index is -1.12. The van der Waals surface area contributed by atoms with Crippen molar-refractivity contribution in [3.63, 3.8) is 0 Å². The summed E-state index contributed by atoms with van der Waals surface area (Å²) in [6.45, 7) is 5.28. The van der Waals surface area contributed by atoms with Crippen LogP contribution in [0.15, 0.2) is 24.8 Å². The van der Waals surface area contributed by atoms with Crippen molar-refractivity contribution >= 4 is 0 Å². The molecule has 2 unspecified atom stereocenters. The molecule has 1 nitrogen and oxygen atoms in total. The monoisotopic (exact) mass is 143 g/mol. The van der Waals surface area contributed by atoms with Crippen molar-refractivity contribution in [3.8, 4) is 0 Å². The fourth-order valence-electron chi connectivity index (χ4n) is 0.556. The lowest BCUT2D eigenvalue weighted by Gasteiger charge is -2.06. The summed E-state index contributed by atoms with van der Waals surface area (Å²) in [5, 5.41) is 0. The van der Waals surface area contributed by atoms with Crippen molar-refractivity contribution < 1.29 is 4.39 Å². The van der Waals surface area contributed by atoms with Crippen LogP contribution in [0.2, 0.25) is 0 Å². The van der Waals surface area contributed by atoms with Crippen molar-refractivity contribution in [2.75, 3.05) is 0 Å². The molecule has 2 N–H and O–H groups in total. The molecule has 0 bridgehead atoms. The predicted molar refractivity (Wildman–Crippen MR) is 42.5 cm³/mol. The molecule has 0 rings (SSSR count). The fraction of sp³-hybridized carbons (Fsp3) is 0.500. The first-order valence-corrected chi connectivity index (χ1v) is 3.41. The van der Waals surface area contributed by atoms with Crippen LogP contribution in [0, 0.1) is 0 Å². The van der Waals surface area contributed by atoms with Gasteiger partial charge in [0.2, 0.25) is 0 Å². The predicted octanol–water partition coefficient (Wildman–Crippen LogP) is 1.80. The van der Waals surface area contributed by atoms with Crippen LogP contribution in [-0.4, -0.2) is 12.2 Å². The zero-order valence-electron chi connectivity index (χ0n) is 6.26. The maximum atomic E-state index is 12.6. The van der Waals surface area contributed by atoms with E-state index in [1.807, 2.05) is 13.0 Å². The van der Waals surface area contributed by atoms with E-state index >= 15 is 0 Å². The van der Waals surface area contributed by atoms with E-state index in [0.29, 0.717) is 0 Å². The average molecular weight is 143 g/mol. The fourth-order valence-corrected chi connectivity index (χ4v) is 0.556. The van der Waals surface area contributed by atoms with Gasteiger partial charge in [0.05, 0.1) is 6.04 Å². The summed E-state index contributed by atoms with van der Waals surface area (Å²) in [6.07, 6.45) is 4.48. The molecule has 0 fully saturated rings. The van der Waals surface area contributed by atoms with Gasteiger partial charge in [-0.05, 0) is 6.42 Å². The Balaban J connectivity index is 3.70. The summed E-state index contributed by atoms with van der Waals surface area (Å²) in [5.41, 5.74) is 5.38. The molecule has 0 aromatic rings. The molecule has 0 aliphatic rings. The van der Waals surface area contributed by atoms with Crippen LogP contribution >= 0.6 is 0 Å². The Morgan fingerprint density at radius 3 is 2.70 bits per heavy atom. The van der Waals surface area contributed by atoms with Gasteiger partial charge in [-0.2, -0.15) is 0 Å². The van der Waals surface area contributed by atoms with E-state index in [0.717, 1.165) is 6.42 Å². The van der Waals surface area contributed by atoms with Crippen LogP contribution in [-0.2, 0) is 0 Å². The van der Waals surface area contributed by atoms with Crippen molar-refractivity contribution in [2.45, 2.75) is 25.6 Å². The van der Waals surface area contributed by atoms with E-state index in [1.165, 1.54) is 6.08 Å². The average Bonchev–Trinajstić information content (AvgIpc) is 1.98. The van der Waals surface area contributed by atoms with Gasteiger partial charge in [0.25, 0.3) is 0 Å². The quantitative estimate of drug-likeness (QED) is 0.597. The first-order chi connectivity index (χ1) is 4.72. The van der Waals surface area contributed by atoms with E-state index in [-0.39, 0.29) is 0 Å². The number of allylic oxidation sites excluding steroid dienone is 1. The Bertz CT molecular complexity index is 120. The molecule has 0 aliphatic carbocycles. The van der Waals surface area contributed by atoms with Gasteiger partial charge in [-0.3, -0.25) is 0 Å². The number of rotatable bonds is 4. The highest BCUT2D eigenvalue weighted by atomic mass is 19.1. The molecule has 0 aromatic heterocycles. The number of halogens is 1. The van der Waals surface area contributed by atoms with Crippen molar-refractivity contribution in [1.82, 2.24) is 0 Å². The molecule has 0 amide bonds. The third kappa shape index (κ3) is 3.41. The van der Waals surface area contributed by atoms with Crippen LogP contribution in [0.1, 0.15) is 13.3 Å². The molecule has 0 aromatic carbocycles. The van der Waals surface area contributed by atoms with Crippen molar-refractivity contribution in [3.05, 3.63) is 24.8 Å². The normalized spacial score (nSPS) is 17.1. The summed E-state index contributed by atoms with van der Waals surface area (Å²) in [5.74, 6) is 0. The second-order valence-corrected chi connectivity index (χ2v) is 2.09. The molecule has 58 valence electrons. The molecular formula is C8H14FN. The van der Waals surface area contributed by atoms with Gasteiger partial charge in [0.15, 0.2) is 0 Å². The Hall–Kier alpha value is -0.630. The van der Waals surface area contributed by atoms with Gasteiger partial charge in [-0.25, -0.2) is 4.39 Å².